The average Bonchev–Trinajstić information content (AvgIpc) is 3.12. The Kier molecular flexibility index (Phi) is 8.09. The molecule has 0 saturated heterocycles. The number of ether oxygens (including phenoxy) is 1. The van der Waals surface area contributed by atoms with Crippen molar-refractivity contribution < 1.29 is 24.2 Å². The first-order valence-corrected chi connectivity index (χ1v) is 11.4. The number of amides is 2. The summed E-state index contributed by atoms with van der Waals surface area (Å²) in [5.74, 6) is -1.74. The first-order chi connectivity index (χ1) is 15.8. The molecule has 7 nitrogen and oxygen atoms in total. The lowest BCUT2D eigenvalue weighted by atomic mass is 9.98. The number of alkyl carbamates (subject to hydrolysis) is 1. The second-order valence-electron chi connectivity index (χ2n) is 8.81. The fourth-order valence-electron chi connectivity index (χ4n) is 4.25. The van der Waals surface area contributed by atoms with E-state index in [1.54, 1.807) is 13.8 Å². The van der Waals surface area contributed by atoms with Crippen LogP contribution in [-0.2, 0) is 14.3 Å². The van der Waals surface area contributed by atoms with E-state index in [2.05, 4.69) is 34.9 Å². The Morgan fingerprint density at radius 1 is 1.00 bits per heavy atom. The largest absolute Gasteiger partial charge is 0.480 e. The highest BCUT2D eigenvalue weighted by Crippen LogP contribution is 2.44. The number of carbonyl (C=O) groups excluding carboxylic acids is 2. The summed E-state index contributed by atoms with van der Waals surface area (Å²) in [6.07, 6.45) is 0.272. The van der Waals surface area contributed by atoms with Crippen molar-refractivity contribution in [3.8, 4) is 11.1 Å². The van der Waals surface area contributed by atoms with Gasteiger partial charge in [-0.25, -0.2) is 9.59 Å². The number of benzene rings is 2. The van der Waals surface area contributed by atoms with Gasteiger partial charge in [0.25, 0.3) is 0 Å². The van der Waals surface area contributed by atoms with Crippen molar-refractivity contribution in [2.24, 2.45) is 11.8 Å². The Bertz CT molecular complexity index is 958. The molecule has 0 heterocycles. The summed E-state index contributed by atoms with van der Waals surface area (Å²) in [6, 6.07) is 15.4. The molecule has 2 amide bonds. The molecular weight excluding hydrogens is 420 g/mol. The SMILES string of the molecule is CCC(CNC(=O)OCC1c2ccccc2-c2ccccc21)CC(=O)N[C@H](C(=O)O)C(C)C. The standard InChI is InChI=1S/C26H32N2O5/c1-4-17(13-23(29)28-24(16(2)3)25(30)31)14-27-26(32)33-15-22-20-11-7-5-9-18(20)19-10-6-8-12-21(19)22/h5-12,16-17,22,24H,4,13-15H2,1-3H3,(H,27,32)(H,28,29)(H,30,31)/t17?,24-/m0/s1. The molecule has 3 N–H and O–H groups in total. The summed E-state index contributed by atoms with van der Waals surface area (Å²) in [7, 11) is 0. The van der Waals surface area contributed by atoms with Crippen molar-refractivity contribution >= 4 is 18.0 Å². The maximum absolute atomic E-state index is 12.4. The monoisotopic (exact) mass is 452 g/mol. The number of hydrogen-bond acceptors (Lipinski definition) is 4. The number of aliphatic carboxylic acids is 1. The van der Waals surface area contributed by atoms with E-state index in [0.29, 0.717) is 6.42 Å². The minimum atomic E-state index is -1.05. The van der Waals surface area contributed by atoms with Crippen molar-refractivity contribution in [3.63, 3.8) is 0 Å². The molecule has 1 aliphatic carbocycles. The van der Waals surface area contributed by atoms with Crippen molar-refractivity contribution in [1.82, 2.24) is 10.6 Å². The van der Waals surface area contributed by atoms with E-state index in [4.69, 9.17) is 4.74 Å². The van der Waals surface area contributed by atoms with E-state index < -0.39 is 18.1 Å². The van der Waals surface area contributed by atoms with Crippen molar-refractivity contribution in [3.05, 3.63) is 59.7 Å². The predicted molar refractivity (Wildman–Crippen MR) is 126 cm³/mol. The van der Waals surface area contributed by atoms with Gasteiger partial charge in [-0.2, -0.15) is 0 Å². The van der Waals surface area contributed by atoms with Crippen LogP contribution >= 0.6 is 0 Å². The molecule has 0 aliphatic heterocycles. The molecular formula is C26H32N2O5. The molecule has 1 aliphatic rings. The van der Waals surface area contributed by atoms with Crippen molar-refractivity contribution in [1.29, 1.82) is 0 Å². The Labute approximate surface area is 194 Å². The fraction of sp³-hybridized carbons (Fsp3) is 0.423. The van der Waals surface area contributed by atoms with Gasteiger partial charge in [-0.15, -0.1) is 0 Å². The second-order valence-corrected chi connectivity index (χ2v) is 8.81. The Morgan fingerprint density at radius 2 is 1.58 bits per heavy atom. The lowest BCUT2D eigenvalue weighted by Crippen LogP contribution is -2.45. The van der Waals surface area contributed by atoms with Crippen LogP contribution < -0.4 is 10.6 Å². The summed E-state index contributed by atoms with van der Waals surface area (Å²) >= 11 is 0. The van der Waals surface area contributed by atoms with Crippen LogP contribution in [0.3, 0.4) is 0 Å². The molecule has 0 fully saturated rings. The van der Waals surface area contributed by atoms with Gasteiger partial charge in [0.2, 0.25) is 5.91 Å². The number of carbonyl (C=O) groups is 3. The number of hydrogen-bond donors (Lipinski definition) is 3. The highest BCUT2D eigenvalue weighted by molar-refractivity contribution is 5.84. The van der Waals surface area contributed by atoms with E-state index in [9.17, 15) is 19.5 Å². The summed E-state index contributed by atoms with van der Waals surface area (Å²) in [5.41, 5.74) is 4.63. The van der Waals surface area contributed by atoms with Gasteiger partial charge in [-0.1, -0.05) is 75.7 Å². The molecule has 3 rings (SSSR count). The van der Waals surface area contributed by atoms with Crippen LogP contribution in [0.1, 0.15) is 50.7 Å². The average molecular weight is 453 g/mol. The molecule has 0 bridgehead atoms. The van der Waals surface area contributed by atoms with Gasteiger partial charge in [0.05, 0.1) is 0 Å². The van der Waals surface area contributed by atoms with Crippen LogP contribution in [0, 0.1) is 11.8 Å². The summed E-state index contributed by atoms with van der Waals surface area (Å²) in [4.78, 5) is 36.0. The molecule has 2 aromatic rings. The van der Waals surface area contributed by atoms with Crippen molar-refractivity contribution in [2.75, 3.05) is 13.2 Å². The quantitative estimate of drug-likeness (QED) is 0.502. The second kappa shape index (κ2) is 11.0. The summed E-state index contributed by atoms with van der Waals surface area (Å²) < 4.78 is 5.54. The molecule has 0 saturated carbocycles. The summed E-state index contributed by atoms with van der Waals surface area (Å²) in [5, 5.41) is 14.6. The number of nitrogens with one attached hydrogen (secondary N) is 2. The van der Waals surface area contributed by atoms with Crippen LogP contribution in [0.25, 0.3) is 11.1 Å². The third-order valence-corrected chi connectivity index (χ3v) is 6.18. The van der Waals surface area contributed by atoms with Crippen LogP contribution in [0.15, 0.2) is 48.5 Å². The zero-order chi connectivity index (χ0) is 24.0. The first kappa shape index (κ1) is 24.3. The molecule has 176 valence electrons. The van der Waals surface area contributed by atoms with Crippen molar-refractivity contribution in [2.45, 2.75) is 45.6 Å². The van der Waals surface area contributed by atoms with E-state index in [0.717, 1.165) is 11.1 Å². The Hall–Kier alpha value is -3.35. The van der Waals surface area contributed by atoms with E-state index in [1.807, 2.05) is 31.2 Å². The zero-order valence-electron chi connectivity index (χ0n) is 19.3. The molecule has 7 heteroatoms. The van der Waals surface area contributed by atoms with Gasteiger partial charge in [0.15, 0.2) is 0 Å². The smallest absolute Gasteiger partial charge is 0.407 e. The zero-order valence-corrected chi connectivity index (χ0v) is 19.3. The van der Waals surface area contributed by atoms with E-state index in [1.165, 1.54) is 11.1 Å². The molecule has 0 aromatic heterocycles. The number of carboxylic acids is 1. The fourth-order valence-corrected chi connectivity index (χ4v) is 4.25. The third-order valence-electron chi connectivity index (χ3n) is 6.18. The molecule has 1 unspecified atom stereocenters. The highest BCUT2D eigenvalue weighted by atomic mass is 16.5. The topological polar surface area (TPSA) is 105 Å². The van der Waals surface area contributed by atoms with E-state index in [-0.39, 0.29) is 43.2 Å². The van der Waals surface area contributed by atoms with Gasteiger partial charge in [0, 0.05) is 18.9 Å². The van der Waals surface area contributed by atoms with Crippen LogP contribution in [0.4, 0.5) is 4.79 Å². The maximum atomic E-state index is 12.4. The number of rotatable bonds is 10. The lowest BCUT2D eigenvalue weighted by Gasteiger charge is -2.20. The minimum Gasteiger partial charge on any atom is -0.480 e. The molecule has 2 atom stereocenters. The molecule has 2 aromatic carbocycles. The number of carboxylic acid groups (broad SMARTS) is 1. The number of fused-ring (bicyclic) bond motifs is 3. The highest BCUT2D eigenvalue weighted by Gasteiger charge is 2.29. The van der Waals surface area contributed by atoms with E-state index >= 15 is 0 Å². The molecule has 0 radical (unpaired) electrons. The predicted octanol–water partition coefficient (Wildman–Crippen LogP) is 4.17. The Balaban J connectivity index is 1.51. The lowest BCUT2D eigenvalue weighted by molar-refractivity contribution is -0.143. The van der Waals surface area contributed by atoms with Gasteiger partial charge in [-0.3, -0.25) is 4.79 Å². The Morgan fingerprint density at radius 3 is 2.09 bits per heavy atom. The maximum Gasteiger partial charge on any atom is 0.407 e. The van der Waals surface area contributed by atoms with Crippen LogP contribution in [0.2, 0.25) is 0 Å². The normalized spacial score (nSPS) is 14.2. The minimum absolute atomic E-state index is 0.0140. The van der Waals surface area contributed by atoms with Gasteiger partial charge < -0.3 is 20.5 Å². The first-order valence-electron chi connectivity index (χ1n) is 11.4. The summed E-state index contributed by atoms with van der Waals surface area (Å²) in [6.45, 7) is 5.92. The van der Waals surface area contributed by atoms with Gasteiger partial charge in [0.1, 0.15) is 12.6 Å². The molecule has 0 spiro atoms. The molecule has 33 heavy (non-hydrogen) atoms. The van der Waals surface area contributed by atoms with Crippen LogP contribution in [0.5, 0.6) is 0 Å². The van der Waals surface area contributed by atoms with Crippen LogP contribution in [-0.4, -0.2) is 42.3 Å². The third kappa shape index (κ3) is 5.92. The van der Waals surface area contributed by atoms with Gasteiger partial charge >= 0.3 is 12.1 Å². The van der Waals surface area contributed by atoms with Gasteiger partial charge in [-0.05, 0) is 34.1 Å².